The van der Waals surface area contributed by atoms with E-state index in [1.165, 1.54) is 30.7 Å². The smallest absolute Gasteiger partial charge is 0.255 e. The largest absolute Gasteiger partial charge is 0.345 e. The van der Waals surface area contributed by atoms with Crippen molar-refractivity contribution in [2.75, 3.05) is 0 Å². The fraction of sp³-hybridized carbons (Fsp3) is 0.238. The van der Waals surface area contributed by atoms with Crippen LogP contribution in [0.5, 0.6) is 0 Å². The van der Waals surface area contributed by atoms with Crippen molar-refractivity contribution in [2.24, 2.45) is 0 Å². The first-order valence-corrected chi connectivity index (χ1v) is 8.82. The zero-order valence-corrected chi connectivity index (χ0v) is 14.5. The van der Waals surface area contributed by atoms with E-state index in [1.54, 1.807) is 18.2 Å². The Balaban J connectivity index is 1.55. The van der Waals surface area contributed by atoms with E-state index in [0.29, 0.717) is 22.7 Å². The van der Waals surface area contributed by atoms with Gasteiger partial charge in [-0.05, 0) is 48.9 Å². The Kier molecular flexibility index (Phi) is 4.29. The van der Waals surface area contributed by atoms with Crippen LogP contribution in [0.3, 0.4) is 0 Å². The Morgan fingerprint density at radius 2 is 2.04 bits per heavy atom. The highest BCUT2D eigenvalue weighted by atomic mass is 19.1. The summed E-state index contributed by atoms with van der Waals surface area (Å²) in [5.74, 6) is -0.00306. The number of halogens is 1. The maximum Gasteiger partial charge on any atom is 0.255 e. The molecule has 0 radical (unpaired) electrons. The highest BCUT2D eigenvalue weighted by Crippen LogP contribution is 2.40. The van der Waals surface area contributed by atoms with Crippen LogP contribution in [0.4, 0.5) is 4.39 Å². The van der Waals surface area contributed by atoms with Crippen molar-refractivity contribution in [3.8, 4) is 11.3 Å². The van der Waals surface area contributed by atoms with Crippen LogP contribution < -0.4 is 5.32 Å². The summed E-state index contributed by atoms with van der Waals surface area (Å²) in [7, 11) is 0. The lowest BCUT2D eigenvalue weighted by atomic mass is 10.0. The number of aromatic amines is 1. The lowest BCUT2D eigenvalue weighted by Gasteiger charge is -2.15. The Labute approximate surface area is 151 Å². The van der Waals surface area contributed by atoms with Crippen molar-refractivity contribution in [1.29, 1.82) is 0 Å². The molecule has 1 amide bonds. The van der Waals surface area contributed by atoms with Gasteiger partial charge in [0.05, 0.1) is 23.5 Å². The zero-order chi connectivity index (χ0) is 18.1. The second-order valence-electron chi connectivity index (χ2n) is 6.78. The molecule has 1 fully saturated rings. The normalized spacial score (nSPS) is 14.8. The molecule has 2 N–H and O–H groups in total. The highest BCUT2D eigenvalue weighted by Gasteiger charge is 2.24. The fourth-order valence-electron chi connectivity index (χ4n) is 3.18. The number of nitrogens with zero attached hydrogens (tertiary/aromatic N) is 1. The molecule has 4 nitrogen and oxygen atoms in total. The quantitative estimate of drug-likeness (QED) is 0.708. The molecule has 1 unspecified atom stereocenters. The van der Waals surface area contributed by atoms with E-state index in [0.717, 1.165) is 5.56 Å². The van der Waals surface area contributed by atoms with E-state index in [-0.39, 0.29) is 11.9 Å². The minimum atomic E-state index is -0.393. The number of hydrogen-bond donors (Lipinski definition) is 2. The van der Waals surface area contributed by atoms with Crippen molar-refractivity contribution < 1.29 is 9.18 Å². The van der Waals surface area contributed by atoms with Gasteiger partial charge in [-0.15, -0.1) is 0 Å². The minimum Gasteiger partial charge on any atom is -0.345 e. The van der Waals surface area contributed by atoms with Gasteiger partial charge >= 0.3 is 0 Å². The number of aromatic nitrogens is 2. The summed E-state index contributed by atoms with van der Waals surface area (Å²) in [6, 6.07) is 14.5. The molecule has 5 heteroatoms. The third-order valence-corrected chi connectivity index (χ3v) is 4.83. The van der Waals surface area contributed by atoms with Crippen LogP contribution in [0.25, 0.3) is 11.3 Å². The lowest BCUT2D eigenvalue weighted by Crippen LogP contribution is -2.26. The van der Waals surface area contributed by atoms with E-state index in [4.69, 9.17) is 0 Å². The third kappa shape index (κ3) is 3.25. The van der Waals surface area contributed by atoms with Gasteiger partial charge in [0, 0.05) is 5.56 Å². The van der Waals surface area contributed by atoms with Gasteiger partial charge in [0.15, 0.2) is 0 Å². The number of carbonyl (C=O) groups is 1. The Bertz CT molecular complexity index is 946. The molecule has 1 aliphatic carbocycles. The molecule has 0 saturated heterocycles. The highest BCUT2D eigenvalue weighted by molar-refractivity contribution is 6.00. The van der Waals surface area contributed by atoms with E-state index >= 15 is 0 Å². The summed E-state index contributed by atoms with van der Waals surface area (Å²) in [6.45, 7) is 1.95. The monoisotopic (exact) mass is 349 g/mol. The van der Waals surface area contributed by atoms with Gasteiger partial charge < -0.3 is 5.32 Å². The van der Waals surface area contributed by atoms with E-state index < -0.39 is 5.82 Å². The van der Waals surface area contributed by atoms with Crippen LogP contribution in [-0.2, 0) is 0 Å². The molecule has 1 saturated carbocycles. The van der Waals surface area contributed by atoms with Crippen LogP contribution in [-0.4, -0.2) is 16.1 Å². The topological polar surface area (TPSA) is 57.8 Å². The molecule has 26 heavy (non-hydrogen) atoms. The van der Waals surface area contributed by atoms with Gasteiger partial charge in [0.25, 0.3) is 5.91 Å². The second kappa shape index (κ2) is 6.75. The third-order valence-electron chi connectivity index (χ3n) is 4.83. The molecule has 0 bridgehead atoms. The zero-order valence-electron chi connectivity index (χ0n) is 14.5. The molecule has 1 aromatic heterocycles. The predicted octanol–water partition coefficient (Wildman–Crippen LogP) is 4.58. The van der Waals surface area contributed by atoms with Crippen molar-refractivity contribution >= 4 is 5.91 Å². The van der Waals surface area contributed by atoms with Crippen molar-refractivity contribution in [1.82, 2.24) is 15.5 Å². The summed E-state index contributed by atoms with van der Waals surface area (Å²) in [6.07, 6.45) is 3.92. The molecule has 3 aromatic rings. The predicted molar refractivity (Wildman–Crippen MR) is 98.3 cm³/mol. The van der Waals surface area contributed by atoms with E-state index in [9.17, 15) is 9.18 Å². The summed E-state index contributed by atoms with van der Waals surface area (Å²) in [5, 5.41) is 9.67. The van der Waals surface area contributed by atoms with Crippen molar-refractivity contribution in [3.63, 3.8) is 0 Å². The van der Waals surface area contributed by atoms with Crippen LogP contribution in [0, 0.1) is 5.82 Å². The fourth-order valence-corrected chi connectivity index (χ4v) is 3.18. The lowest BCUT2D eigenvalue weighted by molar-refractivity contribution is 0.0940. The molecule has 132 valence electrons. The molecule has 0 spiro atoms. The van der Waals surface area contributed by atoms with Crippen molar-refractivity contribution in [3.05, 3.63) is 77.2 Å². The van der Waals surface area contributed by atoms with Gasteiger partial charge in [-0.25, -0.2) is 4.39 Å². The molecule has 4 rings (SSSR count). The molecule has 0 aliphatic heterocycles. The molecule has 2 aromatic carbocycles. The number of H-pyrrole nitrogens is 1. The van der Waals surface area contributed by atoms with Crippen molar-refractivity contribution in [2.45, 2.75) is 31.7 Å². The Morgan fingerprint density at radius 3 is 2.81 bits per heavy atom. The summed E-state index contributed by atoms with van der Waals surface area (Å²) in [5.41, 5.74) is 3.45. The molecule has 1 heterocycles. The number of carbonyl (C=O) groups excluding carboxylic acids is 1. The SMILES string of the molecule is CC(NC(=O)c1cn[nH]c1-c1ccccc1F)c1cccc(C2CC2)c1. The molecule has 1 aliphatic rings. The van der Waals surface area contributed by atoms with E-state index in [2.05, 4.69) is 27.6 Å². The average Bonchev–Trinajstić information content (AvgIpc) is 3.39. The molecular weight excluding hydrogens is 329 g/mol. The Morgan fingerprint density at radius 1 is 1.23 bits per heavy atom. The van der Waals surface area contributed by atoms with Gasteiger partial charge in [-0.1, -0.05) is 36.4 Å². The standard InChI is InChI=1S/C21H20FN3O/c1-13(15-5-4-6-16(11-15)14-9-10-14)24-21(26)18-12-23-25-20(18)17-7-2-3-8-19(17)22/h2-8,11-14H,9-10H2,1H3,(H,23,25)(H,24,26). The molecule has 1 atom stereocenters. The number of nitrogens with one attached hydrogen (secondary N) is 2. The number of rotatable bonds is 5. The maximum atomic E-state index is 14.1. The average molecular weight is 349 g/mol. The van der Waals surface area contributed by atoms with Crippen LogP contribution in [0.15, 0.2) is 54.7 Å². The first kappa shape index (κ1) is 16.5. The second-order valence-corrected chi connectivity index (χ2v) is 6.78. The van der Waals surface area contributed by atoms with Gasteiger partial charge in [-0.3, -0.25) is 9.89 Å². The Hall–Kier alpha value is -2.95. The van der Waals surface area contributed by atoms with Crippen LogP contribution in [0.1, 0.15) is 53.2 Å². The first-order valence-electron chi connectivity index (χ1n) is 8.82. The first-order chi connectivity index (χ1) is 12.6. The van der Waals surface area contributed by atoms with E-state index in [1.807, 2.05) is 19.1 Å². The maximum absolute atomic E-state index is 14.1. The van der Waals surface area contributed by atoms with Gasteiger partial charge in [-0.2, -0.15) is 5.10 Å². The van der Waals surface area contributed by atoms with Gasteiger partial charge in [0.2, 0.25) is 0 Å². The summed E-state index contributed by atoms with van der Waals surface area (Å²) >= 11 is 0. The molecular formula is C21H20FN3O. The van der Waals surface area contributed by atoms with Gasteiger partial charge in [0.1, 0.15) is 5.82 Å². The number of hydrogen-bond acceptors (Lipinski definition) is 2. The number of amides is 1. The summed E-state index contributed by atoms with van der Waals surface area (Å²) < 4.78 is 14.1. The van der Waals surface area contributed by atoms with Crippen LogP contribution >= 0.6 is 0 Å². The number of benzene rings is 2. The summed E-state index contributed by atoms with van der Waals surface area (Å²) in [4.78, 5) is 12.7. The van der Waals surface area contributed by atoms with Crippen LogP contribution in [0.2, 0.25) is 0 Å². The minimum absolute atomic E-state index is 0.149.